The highest BCUT2D eigenvalue weighted by atomic mass is 16.2. The fraction of sp³-hybridized carbons (Fsp3) is 0.385. The summed E-state index contributed by atoms with van der Waals surface area (Å²) in [5.41, 5.74) is 9.03. The van der Waals surface area contributed by atoms with Crippen LogP contribution in [-0.2, 0) is 4.79 Å². The van der Waals surface area contributed by atoms with Crippen LogP contribution in [0, 0.1) is 0 Å². The van der Waals surface area contributed by atoms with E-state index in [2.05, 4.69) is 10.0 Å². The van der Waals surface area contributed by atoms with Crippen LogP contribution >= 0.6 is 0 Å². The van der Waals surface area contributed by atoms with Crippen molar-refractivity contribution in [2.45, 2.75) is 25.7 Å². The molecule has 0 unspecified atom stereocenters. The molecule has 19 heavy (non-hydrogen) atoms. The van der Waals surface area contributed by atoms with Gasteiger partial charge in [0.1, 0.15) is 0 Å². The third-order valence-electron chi connectivity index (χ3n) is 3.11. The lowest BCUT2D eigenvalue weighted by Crippen LogP contribution is -2.36. The molecule has 0 radical (unpaired) electrons. The minimum atomic E-state index is -0.380. The van der Waals surface area contributed by atoms with Gasteiger partial charge in [0.15, 0.2) is 0 Å². The van der Waals surface area contributed by atoms with Crippen LogP contribution in [0.2, 0.25) is 0 Å². The molecule has 0 spiro atoms. The molecular formula is C13H14N4O2. The highest BCUT2D eigenvalue weighted by Crippen LogP contribution is 2.22. The van der Waals surface area contributed by atoms with Crippen molar-refractivity contribution in [1.29, 1.82) is 0 Å². The van der Waals surface area contributed by atoms with Gasteiger partial charge in [0, 0.05) is 23.4 Å². The van der Waals surface area contributed by atoms with Gasteiger partial charge in [-0.3, -0.25) is 14.5 Å². The molecule has 0 aromatic heterocycles. The van der Waals surface area contributed by atoms with E-state index in [-0.39, 0.29) is 23.1 Å². The molecule has 0 atom stereocenters. The second-order valence-electron chi connectivity index (χ2n) is 4.37. The van der Waals surface area contributed by atoms with E-state index in [0.29, 0.717) is 13.0 Å². The van der Waals surface area contributed by atoms with Crippen molar-refractivity contribution in [1.82, 2.24) is 4.90 Å². The van der Waals surface area contributed by atoms with Gasteiger partial charge in [-0.15, -0.1) is 0 Å². The molecule has 1 aromatic carbocycles. The van der Waals surface area contributed by atoms with Gasteiger partial charge >= 0.3 is 0 Å². The van der Waals surface area contributed by atoms with E-state index in [0.717, 1.165) is 19.3 Å². The van der Waals surface area contributed by atoms with Crippen LogP contribution in [0.5, 0.6) is 0 Å². The Morgan fingerprint density at radius 3 is 2.84 bits per heavy atom. The van der Waals surface area contributed by atoms with Gasteiger partial charge in [-0.25, -0.2) is 0 Å². The van der Waals surface area contributed by atoms with E-state index >= 15 is 0 Å². The third kappa shape index (κ3) is 2.92. The molecule has 0 bridgehead atoms. The first-order chi connectivity index (χ1) is 9.24. The lowest BCUT2D eigenvalue weighted by molar-refractivity contribution is -0.128. The Bertz CT molecular complexity index is 549. The molecule has 1 aromatic rings. The maximum absolute atomic E-state index is 12.4. The van der Waals surface area contributed by atoms with Crippen molar-refractivity contribution in [2.75, 3.05) is 6.54 Å². The second-order valence-corrected chi connectivity index (χ2v) is 4.37. The Hall–Kier alpha value is -2.33. The standard InChI is InChI=1S/C13H14N4O2/c14-16-15-11-7-4-3-6-10(11)13(19)17-9-5-1-2-8-12(17)18/h3-4,6-7H,1-2,5,8-9H2. The number of nitrogens with zero attached hydrogens (tertiary/aromatic N) is 4. The number of rotatable bonds is 2. The summed E-state index contributed by atoms with van der Waals surface area (Å²) in [5.74, 6) is -0.534. The van der Waals surface area contributed by atoms with E-state index in [4.69, 9.17) is 5.53 Å². The molecule has 6 nitrogen and oxygen atoms in total. The largest absolute Gasteiger partial charge is 0.279 e. The Morgan fingerprint density at radius 2 is 2.05 bits per heavy atom. The first-order valence-corrected chi connectivity index (χ1v) is 6.23. The van der Waals surface area contributed by atoms with Crippen LogP contribution in [0.4, 0.5) is 5.69 Å². The molecule has 1 fully saturated rings. The zero-order chi connectivity index (χ0) is 13.7. The lowest BCUT2D eigenvalue weighted by atomic mass is 10.1. The minimum Gasteiger partial charge on any atom is -0.279 e. The number of likely N-dealkylation sites (tertiary alicyclic amines) is 1. The number of carbonyl (C=O) groups excluding carboxylic acids is 2. The fourth-order valence-electron chi connectivity index (χ4n) is 2.13. The Balaban J connectivity index is 2.32. The van der Waals surface area contributed by atoms with Gasteiger partial charge in [-0.05, 0) is 24.4 Å². The number of imide groups is 1. The molecule has 1 heterocycles. The summed E-state index contributed by atoms with van der Waals surface area (Å²) in [6.45, 7) is 0.433. The van der Waals surface area contributed by atoms with E-state index < -0.39 is 0 Å². The minimum absolute atomic E-state index is 0.154. The molecule has 0 aliphatic carbocycles. The van der Waals surface area contributed by atoms with E-state index in [1.165, 1.54) is 4.90 Å². The molecular weight excluding hydrogens is 244 g/mol. The molecule has 1 saturated heterocycles. The molecule has 98 valence electrons. The molecule has 6 heteroatoms. The summed E-state index contributed by atoms with van der Waals surface area (Å²) in [5, 5.41) is 3.49. The van der Waals surface area contributed by atoms with Crippen LogP contribution in [0.3, 0.4) is 0 Å². The van der Waals surface area contributed by atoms with E-state index in [1.54, 1.807) is 24.3 Å². The highest BCUT2D eigenvalue weighted by Gasteiger charge is 2.25. The number of amides is 2. The van der Waals surface area contributed by atoms with Gasteiger partial charge in [-0.1, -0.05) is 29.7 Å². The second kappa shape index (κ2) is 6.02. The lowest BCUT2D eigenvalue weighted by Gasteiger charge is -2.19. The van der Waals surface area contributed by atoms with Crippen LogP contribution in [0.15, 0.2) is 29.4 Å². The van der Waals surface area contributed by atoms with Crippen molar-refractivity contribution in [3.8, 4) is 0 Å². The van der Waals surface area contributed by atoms with Gasteiger partial charge in [0.05, 0.1) is 5.69 Å². The average Bonchev–Trinajstić information content (AvgIpc) is 2.64. The van der Waals surface area contributed by atoms with Gasteiger partial charge < -0.3 is 0 Å². The molecule has 0 saturated carbocycles. The zero-order valence-corrected chi connectivity index (χ0v) is 10.5. The summed E-state index contributed by atoms with van der Waals surface area (Å²) in [6.07, 6.45) is 2.99. The van der Waals surface area contributed by atoms with Crippen LogP contribution in [0.1, 0.15) is 36.0 Å². The van der Waals surface area contributed by atoms with Gasteiger partial charge in [0.25, 0.3) is 5.91 Å². The molecule has 1 aliphatic rings. The fourth-order valence-corrected chi connectivity index (χ4v) is 2.13. The SMILES string of the molecule is [N-]=[N+]=Nc1ccccc1C(=O)N1CCCCCC1=O. The summed E-state index contributed by atoms with van der Waals surface area (Å²) in [4.78, 5) is 28.2. The predicted molar refractivity (Wildman–Crippen MR) is 69.8 cm³/mol. The first-order valence-electron chi connectivity index (χ1n) is 6.23. The van der Waals surface area contributed by atoms with Crippen LogP contribution in [-0.4, -0.2) is 23.3 Å². The summed E-state index contributed by atoms with van der Waals surface area (Å²) >= 11 is 0. The summed E-state index contributed by atoms with van der Waals surface area (Å²) in [6, 6.07) is 6.51. The smallest absolute Gasteiger partial charge is 0.260 e. The number of carbonyl (C=O) groups is 2. The average molecular weight is 258 g/mol. The number of hydrogen-bond donors (Lipinski definition) is 0. The summed E-state index contributed by atoms with van der Waals surface area (Å²) < 4.78 is 0. The number of hydrogen-bond acceptors (Lipinski definition) is 3. The van der Waals surface area contributed by atoms with Gasteiger partial charge in [-0.2, -0.15) is 0 Å². The van der Waals surface area contributed by atoms with Crippen molar-refractivity contribution in [3.05, 3.63) is 40.3 Å². The number of azide groups is 1. The third-order valence-corrected chi connectivity index (χ3v) is 3.11. The molecule has 2 amide bonds. The van der Waals surface area contributed by atoms with Crippen molar-refractivity contribution in [3.63, 3.8) is 0 Å². The maximum Gasteiger partial charge on any atom is 0.260 e. The van der Waals surface area contributed by atoms with Crippen molar-refractivity contribution >= 4 is 17.5 Å². The zero-order valence-electron chi connectivity index (χ0n) is 10.5. The summed E-state index contributed by atoms with van der Waals surface area (Å²) in [7, 11) is 0. The highest BCUT2D eigenvalue weighted by molar-refractivity contribution is 6.07. The predicted octanol–water partition coefficient (Wildman–Crippen LogP) is 3.17. The Labute approximate surface area is 110 Å². The normalized spacial score (nSPS) is 15.6. The molecule has 1 aliphatic heterocycles. The Kier molecular flexibility index (Phi) is 4.15. The van der Waals surface area contributed by atoms with Crippen LogP contribution < -0.4 is 0 Å². The van der Waals surface area contributed by atoms with Crippen LogP contribution in [0.25, 0.3) is 10.4 Å². The van der Waals surface area contributed by atoms with Crippen molar-refractivity contribution < 1.29 is 9.59 Å². The van der Waals surface area contributed by atoms with Gasteiger partial charge in [0.2, 0.25) is 5.91 Å². The number of benzene rings is 1. The van der Waals surface area contributed by atoms with E-state index in [1.807, 2.05) is 0 Å². The molecule has 0 N–H and O–H groups in total. The van der Waals surface area contributed by atoms with E-state index in [9.17, 15) is 9.59 Å². The quantitative estimate of drug-likeness (QED) is 0.353. The Morgan fingerprint density at radius 1 is 1.26 bits per heavy atom. The monoisotopic (exact) mass is 258 g/mol. The molecule has 2 rings (SSSR count). The topological polar surface area (TPSA) is 86.1 Å². The first kappa shape index (κ1) is 13.1. The maximum atomic E-state index is 12.4. The van der Waals surface area contributed by atoms with Crippen molar-refractivity contribution in [2.24, 2.45) is 5.11 Å².